The van der Waals surface area contributed by atoms with E-state index in [1.807, 2.05) is 19.1 Å². The summed E-state index contributed by atoms with van der Waals surface area (Å²) in [7, 11) is 0. The highest BCUT2D eigenvalue weighted by atomic mass is 127. The molecule has 74 valence electrons. The van der Waals surface area contributed by atoms with Gasteiger partial charge in [-0.15, -0.1) is 0 Å². The topological polar surface area (TPSA) is 65.4 Å². The maximum Gasteiger partial charge on any atom is 0.141 e. The zero-order chi connectivity index (χ0) is 10.8. The van der Waals surface area contributed by atoms with Crippen LogP contribution in [0.2, 0.25) is 0 Å². The van der Waals surface area contributed by atoms with Crippen LogP contribution in [0.5, 0.6) is 0 Å². The summed E-state index contributed by atoms with van der Waals surface area (Å²) >= 11 is 2.21. The minimum Gasteiger partial charge on any atom is -0.281 e. The fourth-order valence-corrected chi connectivity index (χ4v) is 1.73. The van der Waals surface area contributed by atoms with E-state index in [1.165, 1.54) is 0 Å². The van der Waals surface area contributed by atoms with Gasteiger partial charge in [-0.2, -0.15) is 10.4 Å². The van der Waals surface area contributed by atoms with Gasteiger partial charge in [0.2, 0.25) is 0 Å². The van der Waals surface area contributed by atoms with E-state index in [0.717, 1.165) is 20.7 Å². The van der Waals surface area contributed by atoms with Crippen molar-refractivity contribution < 1.29 is 0 Å². The molecule has 1 N–H and O–H groups in total. The van der Waals surface area contributed by atoms with E-state index in [4.69, 9.17) is 5.26 Å². The summed E-state index contributed by atoms with van der Waals surface area (Å²) in [5.74, 6) is 0. The lowest BCUT2D eigenvalue weighted by atomic mass is 10.2. The van der Waals surface area contributed by atoms with Gasteiger partial charge in [-0.25, -0.2) is 4.98 Å². The van der Waals surface area contributed by atoms with Crippen LogP contribution in [0.25, 0.3) is 11.4 Å². The number of H-pyrrole nitrogens is 1. The highest BCUT2D eigenvalue weighted by molar-refractivity contribution is 14.1. The molecule has 0 unspecified atom stereocenters. The van der Waals surface area contributed by atoms with Crippen molar-refractivity contribution in [2.45, 2.75) is 6.92 Å². The second-order valence-electron chi connectivity index (χ2n) is 3.03. The molecule has 2 aromatic rings. The van der Waals surface area contributed by atoms with Gasteiger partial charge in [-0.1, -0.05) is 6.07 Å². The smallest absolute Gasteiger partial charge is 0.141 e. The van der Waals surface area contributed by atoms with Gasteiger partial charge in [0.25, 0.3) is 0 Å². The first-order valence-corrected chi connectivity index (χ1v) is 5.38. The number of aryl methyl sites for hydroxylation is 1. The van der Waals surface area contributed by atoms with Crippen LogP contribution in [-0.2, 0) is 0 Å². The summed E-state index contributed by atoms with van der Waals surface area (Å²) in [6.07, 6.45) is 0. The number of nitrogens with zero attached hydrogens (tertiary/aromatic N) is 3. The van der Waals surface area contributed by atoms with E-state index >= 15 is 0 Å². The molecule has 0 radical (unpaired) electrons. The number of halogens is 1. The lowest BCUT2D eigenvalue weighted by molar-refractivity contribution is 1.04. The molecule has 0 aliphatic rings. The van der Waals surface area contributed by atoms with Crippen LogP contribution < -0.4 is 0 Å². The van der Waals surface area contributed by atoms with Crippen LogP contribution >= 0.6 is 22.6 Å². The first-order valence-electron chi connectivity index (χ1n) is 4.30. The second kappa shape index (κ2) is 3.98. The molecule has 0 aliphatic heterocycles. The van der Waals surface area contributed by atoms with E-state index in [1.54, 1.807) is 12.1 Å². The van der Waals surface area contributed by atoms with Gasteiger partial charge in [0, 0.05) is 5.69 Å². The third-order valence-corrected chi connectivity index (χ3v) is 3.30. The van der Waals surface area contributed by atoms with E-state index in [0.29, 0.717) is 5.69 Å². The molecule has 2 aromatic heterocycles. The minimum atomic E-state index is 0.406. The molecule has 0 fully saturated rings. The Morgan fingerprint density at radius 1 is 1.47 bits per heavy atom. The summed E-state index contributed by atoms with van der Waals surface area (Å²) in [6.45, 7) is 1.95. The van der Waals surface area contributed by atoms with Crippen LogP contribution in [0.15, 0.2) is 18.2 Å². The molecular weight excluding hydrogens is 303 g/mol. The van der Waals surface area contributed by atoms with Crippen LogP contribution in [0.1, 0.15) is 11.4 Å². The van der Waals surface area contributed by atoms with E-state index in [-0.39, 0.29) is 0 Å². The summed E-state index contributed by atoms with van der Waals surface area (Å²) < 4.78 is 1.04. The van der Waals surface area contributed by atoms with Gasteiger partial charge in [-0.3, -0.25) is 5.10 Å². The highest BCUT2D eigenvalue weighted by Gasteiger charge is 2.10. The van der Waals surface area contributed by atoms with Gasteiger partial charge in [0.15, 0.2) is 0 Å². The Morgan fingerprint density at radius 3 is 2.87 bits per heavy atom. The SMILES string of the molecule is Cc1[nH]nc(-c2cccc(C#N)n2)c1I. The summed E-state index contributed by atoms with van der Waals surface area (Å²) in [4.78, 5) is 4.19. The minimum absolute atomic E-state index is 0.406. The van der Waals surface area contributed by atoms with Crippen LogP contribution in [-0.4, -0.2) is 15.2 Å². The van der Waals surface area contributed by atoms with Crippen molar-refractivity contribution in [1.82, 2.24) is 15.2 Å². The number of rotatable bonds is 1. The number of pyridine rings is 1. The lowest BCUT2D eigenvalue weighted by Crippen LogP contribution is -1.88. The second-order valence-corrected chi connectivity index (χ2v) is 4.11. The molecule has 0 aliphatic carbocycles. The zero-order valence-electron chi connectivity index (χ0n) is 7.95. The van der Waals surface area contributed by atoms with Crippen molar-refractivity contribution in [3.05, 3.63) is 33.2 Å². The molecule has 2 rings (SSSR count). The van der Waals surface area contributed by atoms with E-state index in [9.17, 15) is 0 Å². The Kier molecular flexibility index (Phi) is 2.68. The monoisotopic (exact) mass is 310 g/mol. The van der Waals surface area contributed by atoms with Crippen molar-refractivity contribution in [3.8, 4) is 17.5 Å². The van der Waals surface area contributed by atoms with E-state index in [2.05, 4.69) is 37.8 Å². The molecule has 4 nitrogen and oxygen atoms in total. The van der Waals surface area contributed by atoms with Crippen LogP contribution in [0.3, 0.4) is 0 Å². The lowest BCUT2D eigenvalue weighted by Gasteiger charge is -1.96. The number of aromatic amines is 1. The Hall–Kier alpha value is -1.42. The summed E-state index contributed by atoms with van der Waals surface area (Å²) in [5.41, 5.74) is 2.94. The Balaban J connectivity index is 2.55. The number of hydrogen-bond donors (Lipinski definition) is 1. The first kappa shape index (κ1) is 10.1. The number of nitriles is 1. The van der Waals surface area contributed by atoms with Crippen molar-refractivity contribution >= 4 is 22.6 Å². The molecule has 15 heavy (non-hydrogen) atoms. The molecule has 0 saturated carbocycles. The molecule has 0 amide bonds. The Bertz CT molecular complexity index is 539. The van der Waals surface area contributed by atoms with Crippen molar-refractivity contribution in [1.29, 1.82) is 5.26 Å². The number of nitrogens with one attached hydrogen (secondary N) is 1. The normalized spacial score (nSPS) is 9.93. The van der Waals surface area contributed by atoms with Gasteiger partial charge in [0.05, 0.1) is 9.26 Å². The van der Waals surface area contributed by atoms with Gasteiger partial charge >= 0.3 is 0 Å². The molecule has 0 atom stereocenters. The van der Waals surface area contributed by atoms with Crippen molar-refractivity contribution in [2.75, 3.05) is 0 Å². The predicted octanol–water partition coefficient (Wildman–Crippen LogP) is 2.26. The van der Waals surface area contributed by atoms with Gasteiger partial charge in [-0.05, 0) is 41.6 Å². The third-order valence-electron chi connectivity index (χ3n) is 1.98. The molecule has 0 bridgehead atoms. The molecule has 5 heteroatoms. The van der Waals surface area contributed by atoms with Crippen LogP contribution in [0.4, 0.5) is 0 Å². The van der Waals surface area contributed by atoms with Crippen LogP contribution in [0, 0.1) is 21.8 Å². The first-order chi connectivity index (χ1) is 7.22. The Labute approximate surface area is 100 Å². The zero-order valence-corrected chi connectivity index (χ0v) is 10.1. The van der Waals surface area contributed by atoms with Gasteiger partial charge in [0.1, 0.15) is 17.5 Å². The number of hydrogen-bond acceptors (Lipinski definition) is 3. The quantitative estimate of drug-likeness (QED) is 0.822. The fourth-order valence-electron chi connectivity index (χ4n) is 1.21. The molecule has 0 spiro atoms. The standard InChI is InChI=1S/C10H7IN4/c1-6-9(11)10(15-14-6)8-4-2-3-7(5-12)13-8/h2-4H,1H3,(H,14,15). The number of aromatic nitrogens is 3. The molecule has 2 heterocycles. The van der Waals surface area contributed by atoms with Crippen molar-refractivity contribution in [3.63, 3.8) is 0 Å². The fraction of sp³-hybridized carbons (Fsp3) is 0.100. The molecule has 0 saturated heterocycles. The largest absolute Gasteiger partial charge is 0.281 e. The maximum absolute atomic E-state index is 8.74. The highest BCUT2D eigenvalue weighted by Crippen LogP contribution is 2.23. The summed E-state index contributed by atoms with van der Waals surface area (Å²) in [5, 5.41) is 15.8. The Morgan fingerprint density at radius 2 is 2.27 bits per heavy atom. The average Bonchev–Trinajstić information content (AvgIpc) is 2.60. The summed E-state index contributed by atoms with van der Waals surface area (Å²) in [6, 6.07) is 7.34. The third kappa shape index (κ3) is 1.85. The van der Waals surface area contributed by atoms with E-state index < -0.39 is 0 Å². The van der Waals surface area contributed by atoms with Gasteiger partial charge < -0.3 is 0 Å². The van der Waals surface area contributed by atoms with Crippen molar-refractivity contribution in [2.24, 2.45) is 0 Å². The average molecular weight is 310 g/mol. The maximum atomic E-state index is 8.74. The molecule has 0 aromatic carbocycles. The molecular formula is C10H7IN4. The predicted molar refractivity (Wildman–Crippen MR) is 64.0 cm³/mol.